The van der Waals surface area contributed by atoms with Crippen LogP contribution in [0.5, 0.6) is 0 Å². The van der Waals surface area contributed by atoms with E-state index in [9.17, 15) is 12.8 Å². The molecule has 1 fully saturated rings. The van der Waals surface area contributed by atoms with E-state index in [2.05, 4.69) is 5.32 Å². The van der Waals surface area contributed by atoms with Gasteiger partial charge in [-0.25, -0.2) is 12.8 Å². The standard InChI is InChI=1S/C13H19FN2O2S/c1-10(15-2)11-4-3-5-12(14)13(11)16-6-8-19(17,18)9-7-16/h3-5,10,15H,6-9H2,1-2H3. The van der Waals surface area contributed by atoms with E-state index in [1.165, 1.54) is 6.07 Å². The van der Waals surface area contributed by atoms with Crippen LogP contribution in [0, 0.1) is 5.82 Å². The largest absolute Gasteiger partial charge is 0.367 e. The predicted molar refractivity (Wildman–Crippen MR) is 74.7 cm³/mol. The predicted octanol–water partition coefficient (Wildman–Crippen LogP) is 1.34. The molecular formula is C13H19FN2O2S. The molecule has 1 aromatic rings. The number of hydrogen-bond acceptors (Lipinski definition) is 4. The molecule has 1 N–H and O–H groups in total. The number of halogens is 1. The first-order valence-electron chi connectivity index (χ1n) is 6.35. The second kappa shape index (κ2) is 5.46. The van der Waals surface area contributed by atoms with Crippen LogP contribution in [-0.2, 0) is 9.84 Å². The molecule has 0 amide bonds. The zero-order chi connectivity index (χ0) is 14.0. The van der Waals surface area contributed by atoms with Gasteiger partial charge in [0.25, 0.3) is 0 Å². The average Bonchev–Trinajstić information content (AvgIpc) is 2.38. The molecule has 0 saturated carbocycles. The first-order valence-corrected chi connectivity index (χ1v) is 8.18. The normalized spacial score (nSPS) is 20.3. The van der Waals surface area contributed by atoms with E-state index < -0.39 is 9.84 Å². The second-order valence-electron chi connectivity index (χ2n) is 4.83. The molecule has 6 heteroatoms. The number of sulfone groups is 1. The second-order valence-corrected chi connectivity index (χ2v) is 7.13. The van der Waals surface area contributed by atoms with Crippen molar-refractivity contribution in [2.24, 2.45) is 0 Å². The van der Waals surface area contributed by atoms with Gasteiger partial charge in [-0.3, -0.25) is 0 Å². The Bertz CT molecular complexity index is 546. The highest BCUT2D eigenvalue weighted by atomic mass is 32.2. The maximum atomic E-state index is 14.1. The topological polar surface area (TPSA) is 49.4 Å². The monoisotopic (exact) mass is 286 g/mol. The van der Waals surface area contributed by atoms with E-state index in [-0.39, 0.29) is 23.4 Å². The van der Waals surface area contributed by atoms with E-state index in [0.717, 1.165) is 5.56 Å². The summed E-state index contributed by atoms with van der Waals surface area (Å²) in [4.78, 5) is 1.83. The lowest BCUT2D eigenvalue weighted by Crippen LogP contribution is -2.41. The SMILES string of the molecule is CNC(C)c1cccc(F)c1N1CCS(=O)(=O)CC1. The van der Waals surface area contributed by atoms with Crippen molar-refractivity contribution in [2.45, 2.75) is 13.0 Å². The van der Waals surface area contributed by atoms with Gasteiger partial charge >= 0.3 is 0 Å². The van der Waals surface area contributed by atoms with Gasteiger partial charge in [0.2, 0.25) is 0 Å². The molecule has 2 rings (SSSR count). The Morgan fingerprint density at radius 1 is 1.32 bits per heavy atom. The van der Waals surface area contributed by atoms with Crippen molar-refractivity contribution in [3.8, 4) is 0 Å². The van der Waals surface area contributed by atoms with Crippen LogP contribution in [0.2, 0.25) is 0 Å². The summed E-state index contributed by atoms with van der Waals surface area (Å²) < 4.78 is 37.0. The van der Waals surface area contributed by atoms with Crippen molar-refractivity contribution in [1.82, 2.24) is 5.32 Å². The molecule has 0 aromatic heterocycles. The zero-order valence-electron chi connectivity index (χ0n) is 11.2. The van der Waals surface area contributed by atoms with Crippen molar-refractivity contribution < 1.29 is 12.8 Å². The van der Waals surface area contributed by atoms with Gasteiger partial charge in [-0.1, -0.05) is 12.1 Å². The summed E-state index contributed by atoms with van der Waals surface area (Å²) in [5.74, 6) is -0.109. The number of rotatable bonds is 3. The lowest BCUT2D eigenvalue weighted by atomic mass is 10.0. The van der Waals surface area contributed by atoms with Gasteiger partial charge in [0.1, 0.15) is 5.82 Å². The zero-order valence-corrected chi connectivity index (χ0v) is 12.0. The summed E-state index contributed by atoms with van der Waals surface area (Å²) in [7, 11) is -1.14. The van der Waals surface area contributed by atoms with Crippen molar-refractivity contribution >= 4 is 15.5 Å². The van der Waals surface area contributed by atoms with Gasteiger partial charge in [0.05, 0.1) is 17.2 Å². The molecule has 1 aliphatic rings. The van der Waals surface area contributed by atoms with Gasteiger partial charge < -0.3 is 10.2 Å². The molecule has 19 heavy (non-hydrogen) atoms. The Balaban J connectivity index is 2.34. The number of benzene rings is 1. The quantitative estimate of drug-likeness (QED) is 0.911. The summed E-state index contributed by atoms with van der Waals surface area (Å²) in [6.45, 7) is 2.67. The highest BCUT2D eigenvalue weighted by molar-refractivity contribution is 7.91. The molecular weight excluding hydrogens is 267 g/mol. The van der Waals surface area contributed by atoms with Crippen LogP contribution in [0.3, 0.4) is 0 Å². The summed E-state index contributed by atoms with van der Waals surface area (Å²) in [6.07, 6.45) is 0. The molecule has 0 radical (unpaired) electrons. The molecule has 0 spiro atoms. The molecule has 0 aliphatic carbocycles. The van der Waals surface area contributed by atoms with E-state index >= 15 is 0 Å². The van der Waals surface area contributed by atoms with Gasteiger partial charge in [-0.2, -0.15) is 0 Å². The molecule has 4 nitrogen and oxygen atoms in total. The number of nitrogens with one attached hydrogen (secondary N) is 1. The van der Waals surface area contributed by atoms with Gasteiger partial charge in [0, 0.05) is 19.1 Å². The minimum absolute atomic E-state index is 0.0178. The maximum absolute atomic E-state index is 14.1. The fourth-order valence-electron chi connectivity index (χ4n) is 2.31. The summed E-state index contributed by atoms with van der Waals surface area (Å²) >= 11 is 0. The van der Waals surface area contributed by atoms with Crippen LogP contribution >= 0.6 is 0 Å². The number of anilines is 1. The van der Waals surface area contributed by atoms with Gasteiger partial charge in [0.15, 0.2) is 9.84 Å². The maximum Gasteiger partial charge on any atom is 0.153 e. The molecule has 1 aliphatic heterocycles. The minimum Gasteiger partial charge on any atom is -0.367 e. The van der Waals surface area contributed by atoms with Gasteiger partial charge in [-0.15, -0.1) is 0 Å². The minimum atomic E-state index is -2.95. The van der Waals surface area contributed by atoms with Crippen molar-refractivity contribution in [1.29, 1.82) is 0 Å². The number of hydrogen-bond donors (Lipinski definition) is 1. The van der Waals surface area contributed by atoms with Crippen LogP contribution < -0.4 is 10.2 Å². The molecule has 1 aromatic carbocycles. The summed E-state index contributed by atoms with van der Waals surface area (Å²) in [6, 6.07) is 5.00. The van der Waals surface area contributed by atoms with Crippen LogP contribution in [0.15, 0.2) is 18.2 Å². The van der Waals surface area contributed by atoms with Crippen molar-refractivity contribution in [3.05, 3.63) is 29.6 Å². The average molecular weight is 286 g/mol. The van der Waals surface area contributed by atoms with Crippen LogP contribution in [0.4, 0.5) is 10.1 Å². The third-order valence-electron chi connectivity index (χ3n) is 3.58. The number of para-hydroxylation sites is 1. The van der Waals surface area contributed by atoms with Crippen LogP contribution in [0.1, 0.15) is 18.5 Å². The summed E-state index contributed by atoms with van der Waals surface area (Å²) in [5, 5.41) is 3.09. The highest BCUT2D eigenvalue weighted by Crippen LogP contribution is 2.30. The molecule has 1 heterocycles. The Morgan fingerprint density at radius 2 is 1.95 bits per heavy atom. The van der Waals surface area contributed by atoms with E-state index in [1.54, 1.807) is 6.07 Å². The Labute approximate surface area is 113 Å². The summed E-state index contributed by atoms with van der Waals surface area (Å²) in [5.41, 5.74) is 1.39. The fraction of sp³-hybridized carbons (Fsp3) is 0.538. The van der Waals surface area contributed by atoms with Crippen LogP contribution in [-0.4, -0.2) is 40.1 Å². The third-order valence-corrected chi connectivity index (χ3v) is 5.19. The lowest BCUT2D eigenvalue weighted by Gasteiger charge is -2.32. The van der Waals surface area contributed by atoms with Crippen molar-refractivity contribution in [3.63, 3.8) is 0 Å². The molecule has 0 bridgehead atoms. The smallest absolute Gasteiger partial charge is 0.153 e. The Morgan fingerprint density at radius 3 is 2.53 bits per heavy atom. The molecule has 1 atom stereocenters. The molecule has 1 saturated heterocycles. The van der Waals surface area contributed by atoms with E-state index in [0.29, 0.717) is 18.8 Å². The first kappa shape index (κ1) is 14.3. The van der Waals surface area contributed by atoms with Gasteiger partial charge in [-0.05, 0) is 25.6 Å². The first-order chi connectivity index (χ1) is 8.94. The van der Waals surface area contributed by atoms with E-state index in [4.69, 9.17) is 0 Å². The van der Waals surface area contributed by atoms with Crippen LogP contribution in [0.25, 0.3) is 0 Å². The Hall–Kier alpha value is -1.14. The molecule has 1 unspecified atom stereocenters. The van der Waals surface area contributed by atoms with Crippen molar-refractivity contribution in [2.75, 3.05) is 36.5 Å². The third kappa shape index (κ3) is 3.06. The molecule has 106 valence electrons. The highest BCUT2D eigenvalue weighted by Gasteiger charge is 2.26. The lowest BCUT2D eigenvalue weighted by molar-refractivity contribution is 0.576. The van der Waals surface area contributed by atoms with E-state index in [1.807, 2.05) is 24.9 Å². The fourth-order valence-corrected chi connectivity index (χ4v) is 3.51. The number of nitrogens with zero attached hydrogens (tertiary/aromatic N) is 1. The Kier molecular flexibility index (Phi) is 4.10.